The molecule has 1 aromatic carbocycles. The summed E-state index contributed by atoms with van der Waals surface area (Å²) in [5.74, 6) is 0. The van der Waals surface area contributed by atoms with Gasteiger partial charge in [0, 0.05) is 17.6 Å². The summed E-state index contributed by atoms with van der Waals surface area (Å²) in [5.41, 5.74) is 6.28. The number of rotatable bonds is 4. The molecule has 0 radical (unpaired) electrons. The Labute approximate surface area is 125 Å². The van der Waals surface area contributed by atoms with Crippen LogP contribution in [-0.4, -0.2) is 14.5 Å². The molecule has 1 aliphatic carbocycles. The summed E-state index contributed by atoms with van der Waals surface area (Å²) >= 11 is 6.03. The summed E-state index contributed by atoms with van der Waals surface area (Å²) in [6.45, 7) is 0.301. The molecule has 112 valence electrons. The zero-order valence-corrected chi connectivity index (χ0v) is 13.0. The Morgan fingerprint density at radius 1 is 1.20 bits per heavy atom. The molecule has 1 aromatic rings. The summed E-state index contributed by atoms with van der Waals surface area (Å²) in [6.07, 6.45) is 6.37. The SMILES string of the molecule is NCc1ccc(S(=O)(=O)NC2CCCCCC2)cc1Cl. The van der Waals surface area contributed by atoms with Gasteiger partial charge in [-0.15, -0.1) is 0 Å². The Morgan fingerprint density at radius 2 is 1.85 bits per heavy atom. The van der Waals surface area contributed by atoms with E-state index < -0.39 is 10.0 Å². The van der Waals surface area contributed by atoms with Gasteiger partial charge in [0.05, 0.1) is 4.90 Å². The van der Waals surface area contributed by atoms with Crippen molar-refractivity contribution in [1.82, 2.24) is 4.72 Å². The van der Waals surface area contributed by atoms with Crippen molar-refractivity contribution < 1.29 is 8.42 Å². The van der Waals surface area contributed by atoms with Gasteiger partial charge in [-0.05, 0) is 30.5 Å². The average Bonchev–Trinajstić information content (AvgIpc) is 2.66. The molecule has 0 atom stereocenters. The van der Waals surface area contributed by atoms with Crippen molar-refractivity contribution in [2.75, 3.05) is 0 Å². The molecule has 1 saturated carbocycles. The first kappa shape index (κ1) is 15.8. The van der Waals surface area contributed by atoms with Gasteiger partial charge in [0.2, 0.25) is 10.0 Å². The third-order valence-corrected chi connectivity index (χ3v) is 5.60. The van der Waals surface area contributed by atoms with Crippen LogP contribution in [0, 0.1) is 0 Å². The summed E-state index contributed by atoms with van der Waals surface area (Å²) in [7, 11) is -3.50. The van der Waals surface area contributed by atoms with Gasteiger partial charge in [-0.2, -0.15) is 0 Å². The standard InChI is InChI=1S/C14H21ClN2O2S/c15-14-9-13(8-7-11(14)10-16)20(18,19)17-12-5-3-1-2-4-6-12/h7-9,12,17H,1-6,10,16H2. The van der Waals surface area contributed by atoms with E-state index >= 15 is 0 Å². The minimum absolute atomic E-state index is 0.0375. The fourth-order valence-electron chi connectivity index (χ4n) is 2.55. The highest BCUT2D eigenvalue weighted by atomic mass is 35.5. The van der Waals surface area contributed by atoms with E-state index in [2.05, 4.69) is 4.72 Å². The smallest absolute Gasteiger partial charge is 0.240 e. The van der Waals surface area contributed by atoms with Gasteiger partial charge in [0.15, 0.2) is 0 Å². The molecular weight excluding hydrogens is 296 g/mol. The molecule has 6 heteroatoms. The van der Waals surface area contributed by atoms with Crippen LogP contribution < -0.4 is 10.5 Å². The van der Waals surface area contributed by atoms with Crippen molar-refractivity contribution in [3.05, 3.63) is 28.8 Å². The second-order valence-corrected chi connectivity index (χ2v) is 7.39. The molecule has 0 spiro atoms. The first-order chi connectivity index (χ1) is 9.53. The maximum atomic E-state index is 12.4. The third-order valence-electron chi connectivity index (χ3n) is 3.73. The van der Waals surface area contributed by atoms with E-state index in [0.29, 0.717) is 11.6 Å². The van der Waals surface area contributed by atoms with E-state index in [9.17, 15) is 8.42 Å². The Morgan fingerprint density at radius 3 is 2.40 bits per heavy atom. The second kappa shape index (κ2) is 6.89. The van der Waals surface area contributed by atoms with Crippen molar-refractivity contribution in [1.29, 1.82) is 0 Å². The zero-order valence-electron chi connectivity index (χ0n) is 11.4. The predicted octanol–water partition coefficient (Wildman–Crippen LogP) is 2.80. The maximum Gasteiger partial charge on any atom is 0.240 e. The lowest BCUT2D eigenvalue weighted by Crippen LogP contribution is -2.34. The Bertz CT molecular complexity index is 552. The average molecular weight is 317 g/mol. The quantitative estimate of drug-likeness (QED) is 0.839. The molecule has 20 heavy (non-hydrogen) atoms. The number of hydrogen-bond donors (Lipinski definition) is 2. The van der Waals surface area contributed by atoms with Gasteiger partial charge in [-0.3, -0.25) is 0 Å². The molecule has 0 heterocycles. The molecule has 0 bridgehead atoms. The van der Waals surface area contributed by atoms with E-state index in [1.807, 2.05) is 0 Å². The molecular formula is C14H21ClN2O2S. The molecule has 2 rings (SSSR count). The Hall–Kier alpha value is -0.620. The van der Waals surface area contributed by atoms with Crippen LogP contribution in [0.25, 0.3) is 0 Å². The molecule has 0 unspecified atom stereocenters. The number of nitrogens with one attached hydrogen (secondary N) is 1. The summed E-state index contributed by atoms with van der Waals surface area (Å²) < 4.78 is 27.5. The normalized spacial score (nSPS) is 17.9. The first-order valence-electron chi connectivity index (χ1n) is 7.04. The molecule has 3 N–H and O–H groups in total. The molecule has 0 aromatic heterocycles. The van der Waals surface area contributed by atoms with Crippen LogP contribution in [0.15, 0.2) is 23.1 Å². The predicted molar refractivity (Wildman–Crippen MR) is 81.2 cm³/mol. The maximum absolute atomic E-state index is 12.4. The highest BCUT2D eigenvalue weighted by Gasteiger charge is 2.21. The van der Waals surface area contributed by atoms with Gasteiger partial charge >= 0.3 is 0 Å². The Kier molecular flexibility index (Phi) is 5.43. The lowest BCUT2D eigenvalue weighted by Gasteiger charge is -2.16. The largest absolute Gasteiger partial charge is 0.326 e. The van der Waals surface area contributed by atoms with Crippen molar-refractivity contribution in [2.24, 2.45) is 5.73 Å². The van der Waals surface area contributed by atoms with Crippen molar-refractivity contribution >= 4 is 21.6 Å². The van der Waals surface area contributed by atoms with Gasteiger partial charge in [0.25, 0.3) is 0 Å². The van der Waals surface area contributed by atoms with Gasteiger partial charge in [0.1, 0.15) is 0 Å². The van der Waals surface area contributed by atoms with Crippen LogP contribution in [0.3, 0.4) is 0 Å². The Balaban J connectivity index is 2.15. The summed E-state index contributed by atoms with van der Waals surface area (Å²) in [5, 5.41) is 0.399. The number of nitrogens with two attached hydrogens (primary N) is 1. The minimum Gasteiger partial charge on any atom is -0.326 e. The van der Waals surface area contributed by atoms with Gasteiger partial charge in [-0.1, -0.05) is 43.4 Å². The van der Waals surface area contributed by atoms with E-state index in [1.54, 1.807) is 12.1 Å². The molecule has 1 aliphatic rings. The fourth-order valence-corrected chi connectivity index (χ4v) is 4.20. The van der Waals surface area contributed by atoms with Crippen molar-refractivity contribution in [3.8, 4) is 0 Å². The minimum atomic E-state index is -3.50. The van der Waals surface area contributed by atoms with Crippen LogP contribution in [0.5, 0.6) is 0 Å². The summed E-state index contributed by atoms with van der Waals surface area (Å²) in [4.78, 5) is 0.212. The van der Waals surface area contributed by atoms with Crippen LogP contribution in [0.4, 0.5) is 0 Å². The van der Waals surface area contributed by atoms with E-state index in [-0.39, 0.29) is 10.9 Å². The zero-order chi connectivity index (χ0) is 14.6. The van der Waals surface area contributed by atoms with E-state index in [4.69, 9.17) is 17.3 Å². The second-order valence-electron chi connectivity index (χ2n) is 5.27. The van der Waals surface area contributed by atoms with Crippen LogP contribution in [0.1, 0.15) is 44.1 Å². The fraction of sp³-hybridized carbons (Fsp3) is 0.571. The van der Waals surface area contributed by atoms with Crippen LogP contribution in [0.2, 0.25) is 5.02 Å². The summed E-state index contributed by atoms with van der Waals surface area (Å²) in [6, 6.07) is 4.75. The molecule has 4 nitrogen and oxygen atoms in total. The third kappa shape index (κ3) is 3.95. The number of hydrogen-bond acceptors (Lipinski definition) is 3. The van der Waals surface area contributed by atoms with Crippen molar-refractivity contribution in [2.45, 2.75) is 56.0 Å². The molecule has 0 amide bonds. The van der Waals surface area contributed by atoms with Gasteiger partial charge < -0.3 is 5.73 Å². The first-order valence-corrected chi connectivity index (χ1v) is 8.90. The van der Waals surface area contributed by atoms with E-state index in [0.717, 1.165) is 31.2 Å². The molecule has 0 saturated heterocycles. The lowest BCUT2D eigenvalue weighted by molar-refractivity contribution is 0.510. The molecule has 0 aliphatic heterocycles. The number of halogens is 1. The molecule has 1 fully saturated rings. The van der Waals surface area contributed by atoms with Crippen LogP contribution in [-0.2, 0) is 16.6 Å². The monoisotopic (exact) mass is 316 g/mol. The number of sulfonamides is 1. The number of benzene rings is 1. The highest BCUT2D eigenvalue weighted by molar-refractivity contribution is 7.89. The van der Waals surface area contributed by atoms with E-state index in [1.165, 1.54) is 18.9 Å². The highest BCUT2D eigenvalue weighted by Crippen LogP contribution is 2.23. The van der Waals surface area contributed by atoms with Crippen molar-refractivity contribution in [3.63, 3.8) is 0 Å². The topological polar surface area (TPSA) is 72.2 Å². The lowest BCUT2D eigenvalue weighted by atomic mass is 10.1. The van der Waals surface area contributed by atoms with Crippen LogP contribution >= 0.6 is 11.6 Å². The van der Waals surface area contributed by atoms with Gasteiger partial charge in [-0.25, -0.2) is 13.1 Å².